The molecule has 2 atom stereocenters. The lowest BCUT2D eigenvalue weighted by molar-refractivity contribution is 0.334. The van der Waals surface area contributed by atoms with Gasteiger partial charge in [0.25, 0.3) is 0 Å². The van der Waals surface area contributed by atoms with Gasteiger partial charge in [-0.1, -0.05) is 32.4 Å². The normalized spacial score (nSPS) is 32.5. The van der Waals surface area contributed by atoms with Crippen LogP contribution < -0.4 is 0 Å². The van der Waals surface area contributed by atoms with E-state index < -0.39 is 0 Å². The van der Waals surface area contributed by atoms with E-state index in [1.807, 2.05) is 6.21 Å². The lowest BCUT2D eigenvalue weighted by Gasteiger charge is -2.24. The monoisotopic (exact) mass is 151 g/mol. The van der Waals surface area contributed by atoms with Crippen LogP contribution in [0.2, 0.25) is 0 Å². The third-order valence-electron chi connectivity index (χ3n) is 2.45. The molecule has 11 heavy (non-hydrogen) atoms. The van der Waals surface area contributed by atoms with E-state index in [9.17, 15) is 0 Å². The lowest BCUT2D eigenvalue weighted by Crippen LogP contribution is -2.20. The molecule has 1 fully saturated rings. The van der Waals surface area contributed by atoms with Gasteiger partial charge in [-0.15, -0.1) is 0 Å². The van der Waals surface area contributed by atoms with Gasteiger partial charge >= 0.3 is 0 Å². The van der Waals surface area contributed by atoms with Crippen LogP contribution in [-0.2, 0) is 0 Å². The Kier molecular flexibility index (Phi) is 3.34. The van der Waals surface area contributed by atoms with Crippen molar-refractivity contribution in [2.45, 2.75) is 38.6 Å². The van der Waals surface area contributed by atoms with Gasteiger partial charge < -0.3 is 0 Å². The van der Waals surface area contributed by atoms with Gasteiger partial charge in [0.15, 0.2) is 0 Å². The van der Waals surface area contributed by atoms with E-state index in [4.69, 9.17) is 0 Å². The second-order valence-corrected chi connectivity index (χ2v) is 3.36. The maximum absolute atomic E-state index is 4.44. The Bertz CT molecular complexity index is 149. The van der Waals surface area contributed by atoms with Crippen molar-refractivity contribution in [2.75, 3.05) is 0 Å². The highest BCUT2D eigenvalue weighted by atomic mass is 14.8. The lowest BCUT2D eigenvalue weighted by atomic mass is 9.86. The molecule has 1 rings (SSSR count). The summed E-state index contributed by atoms with van der Waals surface area (Å²) < 4.78 is 0. The summed E-state index contributed by atoms with van der Waals surface area (Å²) in [5.41, 5.74) is 0. The molecule has 1 nitrogen and oxygen atoms in total. The second-order valence-electron chi connectivity index (χ2n) is 3.36. The Balaban J connectivity index is 2.41. The van der Waals surface area contributed by atoms with Gasteiger partial charge in [0.1, 0.15) is 0 Å². The third-order valence-corrected chi connectivity index (χ3v) is 2.45. The maximum atomic E-state index is 4.44. The minimum atomic E-state index is 0.571. The maximum Gasteiger partial charge on any atom is 0.0525 e. The second kappa shape index (κ2) is 4.32. The van der Waals surface area contributed by atoms with Crippen LogP contribution in [0.3, 0.4) is 0 Å². The molecule has 1 aliphatic carbocycles. The summed E-state index contributed by atoms with van der Waals surface area (Å²) in [5, 5.41) is 0. The van der Waals surface area contributed by atoms with Crippen molar-refractivity contribution in [1.82, 2.24) is 0 Å². The van der Waals surface area contributed by atoms with Crippen LogP contribution in [-0.4, -0.2) is 12.3 Å². The zero-order valence-electron chi connectivity index (χ0n) is 7.29. The van der Waals surface area contributed by atoms with Crippen molar-refractivity contribution in [2.24, 2.45) is 10.9 Å². The van der Waals surface area contributed by atoms with Gasteiger partial charge in [-0.3, -0.25) is 4.99 Å². The van der Waals surface area contributed by atoms with E-state index in [0.29, 0.717) is 6.04 Å². The van der Waals surface area contributed by atoms with Crippen molar-refractivity contribution in [3.05, 3.63) is 12.7 Å². The summed E-state index contributed by atoms with van der Waals surface area (Å²) >= 11 is 0. The first-order valence-electron chi connectivity index (χ1n) is 4.49. The molecule has 0 radical (unpaired) electrons. The molecule has 0 aromatic heterocycles. The molecule has 0 amide bonds. The van der Waals surface area contributed by atoms with Crippen LogP contribution in [0.1, 0.15) is 32.6 Å². The summed E-state index contributed by atoms with van der Waals surface area (Å²) in [6, 6.07) is 0.571. The highest BCUT2D eigenvalue weighted by Crippen LogP contribution is 2.25. The molecular formula is C10H17N. The standard InChI is InChI=1S/C10H17N/c1-3-8-11-10-7-5-4-6-9(10)2/h3,8-10H,1,4-7H2,2H3/b11-8-. The van der Waals surface area contributed by atoms with Gasteiger partial charge in [0, 0.05) is 6.21 Å². The molecule has 1 aliphatic rings. The predicted octanol–water partition coefficient (Wildman–Crippen LogP) is 2.82. The largest absolute Gasteiger partial charge is 0.290 e. The minimum Gasteiger partial charge on any atom is -0.290 e. The molecule has 0 saturated heterocycles. The first-order valence-corrected chi connectivity index (χ1v) is 4.49. The zero-order chi connectivity index (χ0) is 8.10. The molecule has 0 aliphatic heterocycles. The van der Waals surface area contributed by atoms with E-state index >= 15 is 0 Å². The number of rotatable bonds is 2. The Labute approximate surface area is 69.2 Å². The summed E-state index contributed by atoms with van der Waals surface area (Å²) in [6.45, 7) is 5.92. The van der Waals surface area contributed by atoms with Crippen molar-refractivity contribution in [1.29, 1.82) is 0 Å². The molecule has 1 saturated carbocycles. The summed E-state index contributed by atoms with van der Waals surface area (Å²) in [4.78, 5) is 4.44. The van der Waals surface area contributed by atoms with Gasteiger partial charge in [-0.2, -0.15) is 0 Å². The van der Waals surface area contributed by atoms with Crippen molar-refractivity contribution < 1.29 is 0 Å². The Hall–Kier alpha value is -0.590. The van der Waals surface area contributed by atoms with Crippen LogP contribution in [0.15, 0.2) is 17.6 Å². The average molecular weight is 151 g/mol. The predicted molar refractivity (Wildman–Crippen MR) is 50.1 cm³/mol. The third kappa shape index (κ3) is 2.49. The molecule has 1 heteroatoms. The number of nitrogens with zero attached hydrogens (tertiary/aromatic N) is 1. The molecular weight excluding hydrogens is 134 g/mol. The molecule has 62 valence electrons. The van der Waals surface area contributed by atoms with Crippen LogP contribution in [0, 0.1) is 5.92 Å². The molecule has 0 aromatic rings. The molecule has 0 bridgehead atoms. The van der Waals surface area contributed by atoms with Crippen molar-refractivity contribution in [3.8, 4) is 0 Å². The average Bonchev–Trinajstić information content (AvgIpc) is 2.03. The minimum absolute atomic E-state index is 0.571. The van der Waals surface area contributed by atoms with Crippen LogP contribution in [0.4, 0.5) is 0 Å². The highest BCUT2D eigenvalue weighted by Gasteiger charge is 2.19. The topological polar surface area (TPSA) is 12.4 Å². The first-order chi connectivity index (χ1) is 5.34. The van der Waals surface area contributed by atoms with E-state index in [1.165, 1.54) is 25.7 Å². The first kappa shape index (κ1) is 8.51. The SMILES string of the molecule is C=C/C=N\C1CCCCC1C. The van der Waals surface area contributed by atoms with E-state index in [2.05, 4.69) is 18.5 Å². The van der Waals surface area contributed by atoms with Gasteiger partial charge in [-0.25, -0.2) is 0 Å². The summed E-state index contributed by atoms with van der Waals surface area (Å²) in [5.74, 6) is 0.778. The number of aliphatic imine (C=N–C) groups is 1. The number of hydrogen-bond acceptors (Lipinski definition) is 1. The number of allylic oxidation sites excluding steroid dienone is 1. The molecule has 0 heterocycles. The van der Waals surface area contributed by atoms with Crippen molar-refractivity contribution >= 4 is 6.21 Å². The van der Waals surface area contributed by atoms with Crippen molar-refractivity contribution in [3.63, 3.8) is 0 Å². The fourth-order valence-corrected chi connectivity index (χ4v) is 1.69. The van der Waals surface area contributed by atoms with Gasteiger partial charge in [0.2, 0.25) is 0 Å². The molecule has 2 unspecified atom stereocenters. The van der Waals surface area contributed by atoms with Crippen LogP contribution in [0.25, 0.3) is 0 Å². The van der Waals surface area contributed by atoms with Gasteiger partial charge in [-0.05, 0) is 18.8 Å². The zero-order valence-corrected chi connectivity index (χ0v) is 7.29. The van der Waals surface area contributed by atoms with E-state index in [1.54, 1.807) is 6.08 Å². The van der Waals surface area contributed by atoms with Gasteiger partial charge in [0.05, 0.1) is 6.04 Å². The Morgan fingerprint density at radius 2 is 2.09 bits per heavy atom. The summed E-state index contributed by atoms with van der Waals surface area (Å²) in [7, 11) is 0. The highest BCUT2D eigenvalue weighted by molar-refractivity contribution is 5.70. The van der Waals surface area contributed by atoms with E-state index in [-0.39, 0.29) is 0 Å². The van der Waals surface area contributed by atoms with E-state index in [0.717, 1.165) is 5.92 Å². The fourth-order valence-electron chi connectivity index (χ4n) is 1.69. The summed E-state index contributed by atoms with van der Waals surface area (Å²) in [6.07, 6.45) is 8.96. The molecule has 0 spiro atoms. The molecule has 0 aromatic carbocycles. The fraction of sp³-hybridized carbons (Fsp3) is 0.700. The number of hydrogen-bond donors (Lipinski definition) is 0. The van der Waals surface area contributed by atoms with Crippen LogP contribution in [0.5, 0.6) is 0 Å². The van der Waals surface area contributed by atoms with Crippen LogP contribution >= 0.6 is 0 Å². The molecule has 0 N–H and O–H groups in total. The quantitative estimate of drug-likeness (QED) is 0.538. The Morgan fingerprint density at radius 1 is 1.36 bits per heavy atom. The smallest absolute Gasteiger partial charge is 0.0525 e. The Morgan fingerprint density at radius 3 is 2.73 bits per heavy atom.